The molecule has 0 saturated carbocycles. The number of fused-ring (bicyclic) bond motifs is 1. The Labute approximate surface area is 248 Å². The third-order valence-electron chi connectivity index (χ3n) is 7.87. The number of aromatic hydroxyl groups is 1. The summed E-state index contributed by atoms with van der Waals surface area (Å²) in [5, 5.41) is 18.5. The van der Waals surface area contributed by atoms with E-state index in [-0.39, 0.29) is 30.4 Å². The van der Waals surface area contributed by atoms with Crippen LogP contribution < -0.4 is 25.8 Å². The molecule has 220 valence electrons. The lowest BCUT2D eigenvalue weighted by Gasteiger charge is -2.38. The molecule has 0 fully saturated rings. The van der Waals surface area contributed by atoms with Gasteiger partial charge in [0.05, 0.1) is 13.0 Å². The van der Waals surface area contributed by atoms with Crippen molar-refractivity contribution in [1.82, 2.24) is 0 Å². The van der Waals surface area contributed by atoms with Crippen molar-refractivity contribution in [3.63, 3.8) is 0 Å². The fourth-order valence-corrected chi connectivity index (χ4v) is 5.34. The SMILES string of the molecule is Cc1c(C)c2c(c(C)c1O)CCC(C)(CCCCOc1ccc(N(C(=N)N)c3ccc(CC(N)=O)cc3)cc1)O2.Cl. The Morgan fingerprint density at radius 3 is 2.20 bits per heavy atom. The fourth-order valence-electron chi connectivity index (χ4n) is 5.34. The van der Waals surface area contributed by atoms with E-state index in [1.165, 1.54) is 0 Å². The second kappa shape index (κ2) is 13.2. The third kappa shape index (κ3) is 7.24. The molecule has 1 amide bonds. The van der Waals surface area contributed by atoms with Crippen LogP contribution in [0.4, 0.5) is 11.4 Å². The molecule has 6 N–H and O–H groups in total. The predicted molar refractivity (Wildman–Crippen MR) is 166 cm³/mol. The lowest BCUT2D eigenvalue weighted by molar-refractivity contribution is -0.117. The number of nitrogens with one attached hydrogen (secondary N) is 1. The summed E-state index contributed by atoms with van der Waals surface area (Å²) < 4.78 is 12.5. The van der Waals surface area contributed by atoms with Gasteiger partial charge in [-0.1, -0.05) is 12.1 Å². The molecule has 3 aromatic carbocycles. The number of carbonyl (C=O) groups excluding carboxylic acids is 1. The second-order valence-corrected chi connectivity index (χ2v) is 10.9. The first-order chi connectivity index (χ1) is 19.0. The Hall–Kier alpha value is -3.91. The van der Waals surface area contributed by atoms with Gasteiger partial charge in [-0.25, -0.2) is 0 Å². The number of hydrogen-bond donors (Lipinski definition) is 4. The van der Waals surface area contributed by atoms with Crippen LogP contribution in [0.25, 0.3) is 0 Å². The summed E-state index contributed by atoms with van der Waals surface area (Å²) in [5.41, 5.74) is 17.2. The van der Waals surface area contributed by atoms with E-state index in [1.807, 2.05) is 57.2 Å². The van der Waals surface area contributed by atoms with E-state index >= 15 is 0 Å². The van der Waals surface area contributed by atoms with E-state index in [9.17, 15) is 9.90 Å². The highest BCUT2D eigenvalue weighted by atomic mass is 35.5. The van der Waals surface area contributed by atoms with Gasteiger partial charge >= 0.3 is 0 Å². The summed E-state index contributed by atoms with van der Waals surface area (Å²) >= 11 is 0. The van der Waals surface area contributed by atoms with Crippen LogP contribution in [0.1, 0.15) is 60.4 Å². The van der Waals surface area contributed by atoms with Crippen LogP contribution >= 0.6 is 12.4 Å². The minimum Gasteiger partial charge on any atom is -0.507 e. The number of hydrogen-bond acceptors (Lipinski definition) is 5. The first-order valence-corrected chi connectivity index (χ1v) is 13.7. The number of nitrogens with zero attached hydrogens (tertiary/aromatic N) is 1. The Kier molecular flexibility index (Phi) is 10.2. The largest absolute Gasteiger partial charge is 0.507 e. The second-order valence-electron chi connectivity index (χ2n) is 10.9. The maximum Gasteiger partial charge on any atom is 0.221 e. The van der Waals surface area contributed by atoms with E-state index in [0.29, 0.717) is 18.0 Å². The van der Waals surface area contributed by atoms with Gasteiger partial charge in [-0.3, -0.25) is 15.1 Å². The van der Waals surface area contributed by atoms with Crippen LogP contribution in [-0.4, -0.2) is 29.2 Å². The zero-order valence-electron chi connectivity index (χ0n) is 24.3. The van der Waals surface area contributed by atoms with Crippen LogP contribution in [0.15, 0.2) is 48.5 Å². The molecule has 9 heteroatoms. The average Bonchev–Trinajstić information content (AvgIpc) is 2.92. The van der Waals surface area contributed by atoms with Gasteiger partial charge in [-0.05, 0) is 118 Å². The van der Waals surface area contributed by atoms with Crippen molar-refractivity contribution in [2.24, 2.45) is 11.5 Å². The first kappa shape index (κ1) is 31.6. The molecule has 41 heavy (non-hydrogen) atoms. The number of amides is 1. The van der Waals surface area contributed by atoms with Crippen LogP contribution in [0.5, 0.6) is 17.2 Å². The predicted octanol–water partition coefficient (Wildman–Crippen LogP) is 6.13. The lowest BCUT2D eigenvalue weighted by Crippen LogP contribution is -2.37. The van der Waals surface area contributed by atoms with E-state index in [0.717, 1.165) is 77.1 Å². The normalized spacial score (nSPS) is 15.7. The monoisotopic (exact) mass is 580 g/mol. The summed E-state index contributed by atoms with van der Waals surface area (Å²) in [4.78, 5) is 12.8. The first-order valence-electron chi connectivity index (χ1n) is 13.7. The van der Waals surface area contributed by atoms with E-state index in [4.69, 9.17) is 26.4 Å². The Morgan fingerprint density at radius 1 is 1.00 bits per heavy atom. The smallest absolute Gasteiger partial charge is 0.221 e. The van der Waals surface area contributed by atoms with Crippen molar-refractivity contribution in [3.8, 4) is 17.2 Å². The molecule has 0 aromatic heterocycles. The molecule has 0 bridgehead atoms. The molecule has 1 aliphatic heterocycles. The van der Waals surface area contributed by atoms with Crippen LogP contribution in [0.2, 0.25) is 0 Å². The summed E-state index contributed by atoms with van der Waals surface area (Å²) in [5.74, 6) is 1.57. The molecule has 8 nitrogen and oxygen atoms in total. The van der Waals surface area contributed by atoms with E-state index in [2.05, 4.69) is 6.92 Å². The summed E-state index contributed by atoms with van der Waals surface area (Å²) in [6, 6.07) is 14.7. The summed E-state index contributed by atoms with van der Waals surface area (Å²) in [6.45, 7) is 8.71. The molecule has 0 aliphatic carbocycles. The molecule has 1 aliphatic rings. The molecular weight excluding hydrogens is 540 g/mol. The highest BCUT2D eigenvalue weighted by Gasteiger charge is 2.34. The molecular formula is C32H41ClN4O4. The maximum atomic E-state index is 11.2. The molecule has 1 unspecified atom stereocenters. The van der Waals surface area contributed by atoms with Gasteiger partial charge in [-0.2, -0.15) is 0 Å². The van der Waals surface area contributed by atoms with Crippen molar-refractivity contribution in [2.75, 3.05) is 11.5 Å². The number of benzene rings is 3. The van der Waals surface area contributed by atoms with E-state index in [1.54, 1.807) is 17.0 Å². The molecule has 3 aromatic rings. The number of rotatable bonds is 10. The van der Waals surface area contributed by atoms with Gasteiger partial charge in [0.15, 0.2) is 5.96 Å². The van der Waals surface area contributed by atoms with Crippen molar-refractivity contribution >= 4 is 35.6 Å². The molecule has 1 atom stereocenters. The molecule has 4 rings (SSSR count). The number of phenols is 1. The highest BCUT2D eigenvalue weighted by molar-refractivity contribution is 5.99. The molecule has 1 heterocycles. The van der Waals surface area contributed by atoms with Gasteiger partial charge in [0.25, 0.3) is 0 Å². The topological polar surface area (TPSA) is 135 Å². The number of nitrogens with two attached hydrogens (primary N) is 2. The maximum absolute atomic E-state index is 11.2. The molecule has 0 radical (unpaired) electrons. The number of halogens is 1. The fraction of sp³-hybridized carbons (Fsp3) is 0.375. The zero-order chi connectivity index (χ0) is 29.0. The van der Waals surface area contributed by atoms with Gasteiger partial charge < -0.3 is 26.0 Å². The number of phenolic OH excluding ortho intramolecular Hbond substituents is 1. The van der Waals surface area contributed by atoms with Crippen molar-refractivity contribution in [3.05, 3.63) is 76.3 Å². The van der Waals surface area contributed by atoms with Gasteiger partial charge in [0, 0.05) is 16.9 Å². The number of carbonyl (C=O) groups is 1. The number of guanidine groups is 1. The van der Waals surface area contributed by atoms with Crippen LogP contribution in [0.3, 0.4) is 0 Å². The van der Waals surface area contributed by atoms with Crippen molar-refractivity contribution in [1.29, 1.82) is 5.41 Å². The Balaban J connectivity index is 0.00000462. The van der Waals surface area contributed by atoms with Gasteiger partial charge in [0.1, 0.15) is 22.8 Å². The van der Waals surface area contributed by atoms with E-state index < -0.39 is 5.91 Å². The Morgan fingerprint density at radius 2 is 1.61 bits per heavy atom. The Bertz CT molecular complexity index is 1390. The zero-order valence-corrected chi connectivity index (χ0v) is 25.1. The number of anilines is 2. The third-order valence-corrected chi connectivity index (χ3v) is 7.87. The molecule has 0 spiro atoms. The quantitative estimate of drug-likeness (QED) is 0.129. The van der Waals surface area contributed by atoms with Crippen LogP contribution in [0, 0.1) is 26.2 Å². The van der Waals surface area contributed by atoms with Crippen LogP contribution in [-0.2, 0) is 17.6 Å². The molecule has 0 saturated heterocycles. The highest BCUT2D eigenvalue weighted by Crippen LogP contribution is 2.44. The average molecular weight is 581 g/mol. The number of unbranched alkanes of at least 4 members (excludes halogenated alkanes) is 1. The van der Waals surface area contributed by atoms with Gasteiger partial charge in [0.2, 0.25) is 5.91 Å². The number of ether oxygens (including phenoxy) is 2. The summed E-state index contributed by atoms with van der Waals surface area (Å²) in [7, 11) is 0. The summed E-state index contributed by atoms with van der Waals surface area (Å²) in [6.07, 6.45) is 4.80. The van der Waals surface area contributed by atoms with Crippen molar-refractivity contribution < 1.29 is 19.4 Å². The standard InChI is InChI=1S/C32H40N4O4.ClH/c1-20-21(2)30-27(22(3)29(20)38)15-17-32(4,40-30)16-5-6-18-39-26-13-11-25(12-14-26)36(31(34)35)24-9-7-23(8-10-24)19-28(33)37;/h7-14,38H,5-6,15-19H2,1-4H3,(H2,33,37)(H3,34,35);1H. The van der Waals surface area contributed by atoms with Gasteiger partial charge in [-0.15, -0.1) is 12.4 Å². The lowest BCUT2D eigenvalue weighted by atomic mass is 9.85. The number of primary amides is 1. The minimum absolute atomic E-state index is 0. The van der Waals surface area contributed by atoms with Crippen molar-refractivity contribution in [2.45, 2.75) is 71.8 Å². The minimum atomic E-state index is -0.392.